The van der Waals surface area contributed by atoms with Gasteiger partial charge in [0.2, 0.25) is 5.95 Å². The molecule has 1 heterocycles. The van der Waals surface area contributed by atoms with Crippen molar-refractivity contribution in [1.82, 2.24) is 9.97 Å². The van der Waals surface area contributed by atoms with Crippen LogP contribution >= 0.6 is 11.6 Å². The molecule has 2 aromatic carbocycles. The van der Waals surface area contributed by atoms with Crippen molar-refractivity contribution in [2.45, 2.75) is 6.54 Å². The second-order valence-electron chi connectivity index (χ2n) is 5.40. The molecule has 7 heteroatoms. The Labute approximate surface area is 156 Å². The molecule has 3 rings (SSSR count). The van der Waals surface area contributed by atoms with Crippen molar-refractivity contribution < 1.29 is 9.53 Å². The van der Waals surface area contributed by atoms with E-state index < -0.39 is 0 Å². The van der Waals surface area contributed by atoms with E-state index in [1.165, 1.54) is 6.20 Å². The summed E-state index contributed by atoms with van der Waals surface area (Å²) >= 11 is 5.93. The number of ether oxygens (including phenoxy) is 1. The van der Waals surface area contributed by atoms with Gasteiger partial charge in [0.15, 0.2) is 0 Å². The quantitative estimate of drug-likeness (QED) is 0.687. The maximum atomic E-state index is 12.4. The van der Waals surface area contributed by atoms with Gasteiger partial charge in [0.05, 0.1) is 7.11 Å². The van der Waals surface area contributed by atoms with Gasteiger partial charge in [-0.05, 0) is 30.3 Å². The van der Waals surface area contributed by atoms with Crippen molar-refractivity contribution in [3.8, 4) is 5.75 Å². The van der Waals surface area contributed by atoms with Gasteiger partial charge in [-0.1, -0.05) is 35.9 Å². The number of benzene rings is 2. The van der Waals surface area contributed by atoms with E-state index >= 15 is 0 Å². The zero-order valence-electron chi connectivity index (χ0n) is 14.1. The minimum absolute atomic E-state index is 0.252. The number of nitrogens with one attached hydrogen (secondary N) is 2. The van der Waals surface area contributed by atoms with Gasteiger partial charge in [-0.25, -0.2) is 9.97 Å². The fourth-order valence-corrected chi connectivity index (χ4v) is 2.55. The van der Waals surface area contributed by atoms with Gasteiger partial charge in [0, 0.05) is 29.0 Å². The first-order valence-corrected chi connectivity index (χ1v) is 8.29. The molecule has 0 aliphatic carbocycles. The number of hydrogen-bond acceptors (Lipinski definition) is 5. The number of nitrogens with zero attached hydrogens (tertiary/aromatic N) is 2. The predicted molar refractivity (Wildman–Crippen MR) is 102 cm³/mol. The Kier molecular flexibility index (Phi) is 5.66. The van der Waals surface area contributed by atoms with Crippen molar-refractivity contribution in [2.75, 3.05) is 17.7 Å². The minimum Gasteiger partial charge on any atom is -0.496 e. The Morgan fingerprint density at radius 2 is 2.00 bits per heavy atom. The van der Waals surface area contributed by atoms with Crippen molar-refractivity contribution in [3.05, 3.63) is 77.1 Å². The highest BCUT2D eigenvalue weighted by molar-refractivity contribution is 6.30. The van der Waals surface area contributed by atoms with Crippen LogP contribution in [0.5, 0.6) is 5.75 Å². The van der Waals surface area contributed by atoms with E-state index in [0.29, 0.717) is 23.2 Å². The van der Waals surface area contributed by atoms with Crippen molar-refractivity contribution in [3.63, 3.8) is 0 Å². The first-order valence-electron chi connectivity index (χ1n) is 7.91. The van der Waals surface area contributed by atoms with Gasteiger partial charge in [0.1, 0.15) is 11.4 Å². The molecule has 0 atom stereocenters. The normalized spacial score (nSPS) is 10.2. The molecular formula is C19H17ClN4O2. The third-order valence-corrected chi connectivity index (χ3v) is 3.84. The van der Waals surface area contributed by atoms with Crippen LogP contribution in [0.3, 0.4) is 0 Å². The van der Waals surface area contributed by atoms with Crippen molar-refractivity contribution >= 4 is 29.1 Å². The summed E-state index contributed by atoms with van der Waals surface area (Å²) < 4.78 is 5.32. The third kappa shape index (κ3) is 4.49. The predicted octanol–water partition coefficient (Wildman–Crippen LogP) is 4.00. The zero-order valence-corrected chi connectivity index (χ0v) is 14.8. The van der Waals surface area contributed by atoms with Gasteiger partial charge in [-0.15, -0.1) is 0 Å². The van der Waals surface area contributed by atoms with Crippen LogP contribution in [0.25, 0.3) is 0 Å². The first kappa shape index (κ1) is 17.7. The SMILES string of the molecule is COc1ccccc1CNc1nccc(C(=O)Nc2cccc(Cl)c2)n1. The molecule has 0 unspecified atom stereocenters. The number of methoxy groups -OCH3 is 1. The van der Waals surface area contributed by atoms with Crippen molar-refractivity contribution in [2.24, 2.45) is 0 Å². The molecule has 132 valence electrons. The number of carbonyl (C=O) groups is 1. The molecule has 1 aromatic heterocycles. The third-order valence-electron chi connectivity index (χ3n) is 3.60. The Morgan fingerprint density at radius 1 is 1.15 bits per heavy atom. The maximum Gasteiger partial charge on any atom is 0.274 e. The number of rotatable bonds is 6. The maximum absolute atomic E-state index is 12.4. The van der Waals surface area contributed by atoms with Crippen LogP contribution in [-0.4, -0.2) is 23.0 Å². The van der Waals surface area contributed by atoms with E-state index in [4.69, 9.17) is 16.3 Å². The molecule has 6 nitrogen and oxygen atoms in total. The van der Waals surface area contributed by atoms with E-state index in [-0.39, 0.29) is 11.6 Å². The van der Waals surface area contributed by atoms with Gasteiger partial charge in [-0.3, -0.25) is 4.79 Å². The largest absolute Gasteiger partial charge is 0.496 e. The molecule has 0 saturated heterocycles. The van der Waals surface area contributed by atoms with Crippen molar-refractivity contribution in [1.29, 1.82) is 0 Å². The number of hydrogen-bond donors (Lipinski definition) is 2. The number of carbonyl (C=O) groups excluding carboxylic acids is 1. The lowest BCUT2D eigenvalue weighted by atomic mass is 10.2. The number of aromatic nitrogens is 2. The number of halogens is 1. The second kappa shape index (κ2) is 8.31. The summed E-state index contributed by atoms with van der Waals surface area (Å²) in [5.41, 5.74) is 1.82. The zero-order chi connectivity index (χ0) is 18.4. The van der Waals surface area contributed by atoms with E-state index in [1.54, 1.807) is 37.4 Å². The molecule has 3 aromatic rings. The number of para-hydroxylation sites is 1. The molecular weight excluding hydrogens is 352 g/mol. The Bertz CT molecular complexity index is 917. The molecule has 0 saturated carbocycles. The summed E-state index contributed by atoms with van der Waals surface area (Å²) in [5, 5.41) is 6.40. The monoisotopic (exact) mass is 368 g/mol. The van der Waals surface area contributed by atoms with Gasteiger partial charge in [0.25, 0.3) is 5.91 Å². The highest BCUT2D eigenvalue weighted by Gasteiger charge is 2.10. The average molecular weight is 369 g/mol. The summed E-state index contributed by atoms with van der Waals surface area (Å²) in [6.45, 7) is 0.476. The van der Waals surface area contributed by atoms with Gasteiger partial charge >= 0.3 is 0 Å². The van der Waals surface area contributed by atoms with Crippen LogP contribution in [0.2, 0.25) is 5.02 Å². The van der Waals surface area contributed by atoms with E-state index in [0.717, 1.165) is 11.3 Å². The van der Waals surface area contributed by atoms with Crippen LogP contribution in [0.15, 0.2) is 60.8 Å². The number of amides is 1. The Hall–Kier alpha value is -3.12. The van der Waals surface area contributed by atoms with Gasteiger partial charge < -0.3 is 15.4 Å². The standard InChI is InChI=1S/C19H17ClN4O2/c1-26-17-8-3-2-5-13(17)12-22-19-21-10-9-16(24-19)18(25)23-15-7-4-6-14(20)11-15/h2-11H,12H2,1H3,(H,23,25)(H,21,22,24). The fraction of sp³-hybridized carbons (Fsp3) is 0.105. The lowest BCUT2D eigenvalue weighted by Gasteiger charge is -2.10. The average Bonchev–Trinajstić information content (AvgIpc) is 2.67. The van der Waals surface area contributed by atoms with E-state index in [1.807, 2.05) is 24.3 Å². The highest BCUT2D eigenvalue weighted by Crippen LogP contribution is 2.18. The number of anilines is 2. The summed E-state index contributed by atoms with van der Waals surface area (Å²) in [6, 6.07) is 16.1. The van der Waals surface area contributed by atoms with Crippen LogP contribution < -0.4 is 15.4 Å². The van der Waals surface area contributed by atoms with Gasteiger partial charge in [-0.2, -0.15) is 0 Å². The Balaban J connectivity index is 1.68. The molecule has 2 N–H and O–H groups in total. The molecule has 0 aliphatic rings. The molecule has 0 fully saturated rings. The molecule has 0 spiro atoms. The summed E-state index contributed by atoms with van der Waals surface area (Å²) in [5.74, 6) is 0.791. The summed E-state index contributed by atoms with van der Waals surface area (Å²) in [6.07, 6.45) is 1.53. The molecule has 0 bridgehead atoms. The first-order chi connectivity index (χ1) is 12.7. The van der Waals surface area contributed by atoms with Crippen LogP contribution in [0.4, 0.5) is 11.6 Å². The van der Waals surface area contributed by atoms with Crippen LogP contribution in [0.1, 0.15) is 16.1 Å². The molecule has 0 radical (unpaired) electrons. The Morgan fingerprint density at radius 3 is 2.81 bits per heavy atom. The minimum atomic E-state index is -0.338. The van der Waals surface area contributed by atoms with Crippen LogP contribution in [-0.2, 0) is 6.54 Å². The molecule has 26 heavy (non-hydrogen) atoms. The lowest BCUT2D eigenvalue weighted by molar-refractivity contribution is 0.102. The second-order valence-corrected chi connectivity index (χ2v) is 5.83. The summed E-state index contributed by atoms with van der Waals surface area (Å²) in [7, 11) is 1.62. The van der Waals surface area contributed by atoms with E-state index in [9.17, 15) is 4.79 Å². The summed E-state index contributed by atoms with van der Waals surface area (Å²) in [4.78, 5) is 20.8. The highest BCUT2D eigenvalue weighted by atomic mass is 35.5. The fourth-order valence-electron chi connectivity index (χ4n) is 2.35. The molecule has 1 amide bonds. The molecule has 0 aliphatic heterocycles. The smallest absolute Gasteiger partial charge is 0.274 e. The lowest BCUT2D eigenvalue weighted by Crippen LogP contribution is -2.15. The van der Waals surface area contributed by atoms with E-state index in [2.05, 4.69) is 20.6 Å². The topological polar surface area (TPSA) is 76.1 Å². The van der Waals surface area contributed by atoms with Crippen LogP contribution in [0, 0.1) is 0 Å².